The van der Waals surface area contributed by atoms with E-state index in [1.54, 1.807) is 0 Å². The average molecular weight is 220 g/mol. The molecular weight excluding hydrogens is 200 g/mol. The Morgan fingerprint density at radius 2 is 2.25 bits per heavy atom. The normalized spacial score (nSPS) is 14.5. The minimum Gasteiger partial charge on any atom is -0.489 e. The molecule has 0 unspecified atom stereocenters. The molecule has 1 heterocycles. The van der Waals surface area contributed by atoms with Gasteiger partial charge in [-0.1, -0.05) is 12.1 Å². The number of unbranched alkanes of at least 4 members (excludes halogenated alkanes) is 1. The molecule has 0 bridgehead atoms. The zero-order chi connectivity index (χ0) is 11.4. The molecule has 1 aromatic carbocycles. The third-order valence-corrected chi connectivity index (χ3v) is 3.06. The quantitative estimate of drug-likeness (QED) is 0.786. The van der Waals surface area contributed by atoms with Gasteiger partial charge in [0.25, 0.3) is 0 Å². The highest BCUT2D eigenvalue weighted by molar-refractivity contribution is 5.62. The molecule has 2 N–H and O–H groups in total. The largest absolute Gasteiger partial charge is 0.489 e. The van der Waals surface area contributed by atoms with Crippen LogP contribution < -0.4 is 15.4 Å². The fourth-order valence-electron chi connectivity index (χ4n) is 2.10. The van der Waals surface area contributed by atoms with Gasteiger partial charge in [0.1, 0.15) is 12.4 Å². The van der Waals surface area contributed by atoms with E-state index in [-0.39, 0.29) is 0 Å². The van der Waals surface area contributed by atoms with Crippen molar-refractivity contribution in [3.63, 3.8) is 0 Å². The van der Waals surface area contributed by atoms with E-state index < -0.39 is 0 Å². The van der Waals surface area contributed by atoms with E-state index in [4.69, 9.17) is 10.5 Å². The maximum Gasteiger partial charge on any atom is 0.145 e. The Balaban J connectivity index is 2.15. The van der Waals surface area contributed by atoms with E-state index in [2.05, 4.69) is 30.1 Å². The van der Waals surface area contributed by atoms with Crippen molar-refractivity contribution in [2.24, 2.45) is 5.73 Å². The Bertz CT molecular complexity index is 352. The molecule has 0 radical (unpaired) electrons. The van der Waals surface area contributed by atoms with E-state index in [0.29, 0.717) is 0 Å². The van der Waals surface area contributed by atoms with Crippen molar-refractivity contribution in [3.05, 3.63) is 23.8 Å². The predicted molar refractivity (Wildman–Crippen MR) is 67.2 cm³/mol. The minimum absolute atomic E-state index is 0.774. The number of likely N-dealkylation sites (N-methyl/N-ethyl adjacent to an activating group) is 1. The molecular formula is C13H20N2O. The summed E-state index contributed by atoms with van der Waals surface area (Å²) in [5.74, 6) is 1.08. The highest BCUT2D eigenvalue weighted by atomic mass is 16.5. The van der Waals surface area contributed by atoms with Crippen LogP contribution in [0.25, 0.3) is 0 Å². The first-order valence-corrected chi connectivity index (χ1v) is 5.99. The van der Waals surface area contributed by atoms with Crippen LogP contribution in [0.2, 0.25) is 0 Å². The summed E-state index contributed by atoms with van der Waals surface area (Å²) in [5, 5.41) is 0. The number of aryl methyl sites for hydroxylation is 1. The summed E-state index contributed by atoms with van der Waals surface area (Å²) in [4.78, 5) is 2.26. The van der Waals surface area contributed by atoms with Crippen molar-refractivity contribution >= 4 is 5.69 Å². The molecule has 1 aromatic rings. The molecule has 0 aromatic heterocycles. The number of para-hydroxylation sites is 1. The van der Waals surface area contributed by atoms with E-state index in [9.17, 15) is 0 Å². The van der Waals surface area contributed by atoms with Crippen molar-refractivity contribution in [1.29, 1.82) is 0 Å². The van der Waals surface area contributed by atoms with Crippen molar-refractivity contribution in [2.75, 3.05) is 31.6 Å². The first kappa shape index (κ1) is 11.3. The SMILES string of the molecule is CN1CCOc2c(CCCCN)cccc21. The Kier molecular flexibility index (Phi) is 3.67. The molecule has 0 aliphatic carbocycles. The Hall–Kier alpha value is -1.22. The monoisotopic (exact) mass is 220 g/mol. The second-order valence-corrected chi connectivity index (χ2v) is 4.28. The summed E-state index contributed by atoms with van der Waals surface area (Å²) in [6.07, 6.45) is 3.29. The van der Waals surface area contributed by atoms with E-state index >= 15 is 0 Å². The molecule has 0 fully saturated rings. The van der Waals surface area contributed by atoms with Crippen LogP contribution in [0.3, 0.4) is 0 Å². The lowest BCUT2D eigenvalue weighted by molar-refractivity contribution is 0.307. The molecule has 3 heteroatoms. The van der Waals surface area contributed by atoms with Crippen molar-refractivity contribution in [3.8, 4) is 5.75 Å². The van der Waals surface area contributed by atoms with Gasteiger partial charge < -0.3 is 15.4 Å². The maximum absolute atomic E-state index is 5.78. The van der Waals surface area contributed by atoms with Gasteiger partial charge in [-0.2, -0.15) is 0 Å². The minimum atomic E-state index is 0.774. The molecule has 0 spiro atoms. The van der Waals surface area contributed by atoms with Crippen LogP contribution in [0.4, 0.5) is 5.69 Å². The first-order chi connectivity index (χ1) is 7.83. The number of rotatable bonds is 4. The fraction of sp³-hybridized carbons (Fsp3) is 0.538. The van der Waals surface area contributed by atoms with Gasteiger partial charge in [-0.3, -0.25) is 0 Å². The fourth-order valence-corrected chi connectivity index (χ4v) is 2.10. The topological polar surface area (TPSA) is 38.5 Å². The van der Waals surface area contributed by atoms with Crippen LogP contribution in [0.5, 0.6) is 5.75 Å². The van der Waals surface area contributed by atoms with Crippen LogP contribution in [0, 0.1) is 0 Å². The van der Waals surface area contributed by atoms with Crippen molar-refractivity contribution < 1.29 is 4.74 Å². The molecule has 16 heavy (non-hydrogen) atoms. The van der Waals surface area contributed by atoms with Crippen LogP contribution in [0.15, 0.2) is 18.2 Å². The predicted octanol–water partition coefficient (Wildman–Crippen LogP) is 1.80. The van der Waals surface area contributed by atoms with Gasteiger partial charge in [-0.25, -0.2) is 0 Å². The summed E-state index contributed by atoms with van der Waals surface area (Å²) in [6.45, 7) is 2.53. The van der Waals surface area contributed by atoms with Gasteiger partial charge in [-0.05, 0) is 37.4 Å². The van der Waals surface area contributed by atoms with Crippen molar-refractivity contribution in [2.45, 2.75) is 19.3 Å². The lowest BCUT2D eigenvalue weighted by atomic mass is 10.0. The number of ether oxygens (including phenoxy) is 1. The summed E-state index contributed by atoms with van der Waals surface area (Å²) in [5.41, 5.74) is 8.05. The molecule has 0 amide bonds. The molecule has 0 saturated carbocycles. The number of anilines is 1. The smallest absolute Gasteiger partial charge is 0.145 e. The Labute approximate surface area is 97.2 Å². The van der Waals surface area contributed by atoms with Gasteiger partial charge in [-0.15, -0.1) is 0 Å². The second kappa shape index (κ2) is 5.21. The standard InChI is InChI=1S/C13H20N2O/c1-15-9-10-16-13-11(5-2-3-8-14)6-4-7-12(13)15/h4,6-7H,2-3,5,8-10,14H2,1H3. The summed E-state index contributed by atoms with van der Waals surface area (Å²) >= 11 is 0. The third-order valence-electron chi connectivity index (χ3n) is 3.06. The van der Waals surface area contributed by atoms with Gasteiger partial charge in [0, 0.05) is 7.05 Å². The van der Waals surface area contributed by atoms with Gasteiger partial charge in [0.2, 0.25) is 0 Å². The summed E-state index contributed by atoms with van der Waals surface area (Å²) in [6, 6.07) is 6.40. The van der Waals surface area contributed by atoms with E-state index in [1.807, 2.05) is 0 Å². The van der Waals surface area contributed by atoms with Crippen LogP contribution >= 0.6 is 0 Å². The Morgan fingerprint density at radius 1 is 1.38 bits per heavy atom. The third kappa shape index (κ3) is 2.30. The molecule has 0 atom stereocenters. The average Bonchev–Trinajstić information content (AvgIpc) is 2.31. The number of nitrogens with two attached hydrogens (primary N) is 1. The lowest BCUT2D eigenvalue weighted by Crippen LogP contribution is -2.29. The zero-order valence-electron chi connectivity index (χ0n) is 9.91. The zero-order valence-corrected chi connectivity index (χ0v) is 9.91. The van der Waals surface area contributed by atoms with Crippen LogP contribution in [0.1, 0.15) is 18.4 Å². The number of nitrogens with zero attached hydrogens (tertiary/aromatic N) is 1. The number of hydrogen-bond donors (Lipinski definition) is 1. The van der Waals surface area contributed by atoms with Gasteiger partial charge >= 0.3 is 0 Å². The first-order valence-electron chi connectivity index (χ1n) is 5.99. The second-order valence-electron chi connectivity index (χ2n) is 4.28. The summed E-state index contributed by atoms with van der Waals surface area (Å²) < 4.78 is 5.78. The molecule has 3 nitrogen and oxygen atoms in total. The molecule has 0 saturated heterocycles. The molecule has 1 aliphatic rings. The van der Waals surface area contributed by atoms with E-state index in [1.165, 1.54) is 11.3 Å². The number of benzene rings is 1. The van der Waals surface area contributed by atoms with Gasteiger partial charge in [0.05, 0.1) is 12.2 Å². The van der Waals surface area contributed by atoms with Crippen LogP contribution in [-0.4, -0.2) is 26.7 Å². The number of hydrogen-bond acceptors (Lipinski definition) is 3. The van der Waals surface area contributed by atoms with Crippen LogP contribution in [-0.2, 0) is 6.42 Å². The summed E-state index contributed by atoms with van der Waals surface area (Å²) in [7, 11) is 2.12. The highest BCUT2D eigenvalue weighted by Crippen LogP contribution is 2.34. The number of fused-ring (bicyclic) bond motifs is 1. The lowest BCUT2D eigenvalue weighted by Gasteiger charge is -2.29. The highest BCUT2D eigenvalue weighted by Gasteiger charge is 2.17. The maximum atomic E-state index is 5.78. The van der Waals surface area contributed by atoms with Crippen molar-refractivity contribution in [1.82, 2.24) is 0 Å². The van der Waals surface area contributed by atoms with E-state index in [0.717, 1.165) is 44.7 Å². The molecule has 2 rings (SSSR count). The van der Waals surface area contributed by atoms with Gasteiger partial charge in [0.15, 0.2) is 0 Å². The molecule has 1 aliphatic heterocycles. The Morgan fingerprint density at radius 3 is 3.06 bits per heavy atom. The molecule has 88 valence electrons.